The molecule has 130 valence electrons. The first-order valence-corrected chi connectivity index (χ1v) is 7.19. The molecule has 9 heteroatoms. The molecular weight excluding hydrogens is 318 g/mol. The van der Waals surface area contributed by atoms with Gasteiger partial charge in [0.15, 0.2) is 6.61 Å². The number of hydrogen-bond acceptors (Lipinski definition) is 6. The van der Waals surface area contributed by atoms with Crippen LogP contribution in [-0.4, -0.2) is 41.9 Å². The topological polar surface area (TPSA) is 128 Å². The summed E-state index contributed by atoms with van der Waals surface area (Å²) in [6.07, 6.45) is 0. The van der Waals surface area contributed by atoms with Crippen LogP contribution in [0.15, 0.2) is 18.2 Å². The van der Waals surface area contributed by atoms with Crippen LogP contribution in [0.3, 0.4) is 0 Å². The Morgan fingerprint density at radius 1 is 1.25 bits per heavy atom. The molecule has 1 aromatic carbocycles. The number of amides is 2. The Morgan fingerprint density at radius 2 is 1.92 bits per heavy atom. The van der Waals surface area contributed by atoms with Gasteiger partial charge in [0.1, 0.15) is 0 Å². The van der Waals surface area contributed by atoms with Gasteiger partial charge in [-0.1, -0.05) is 0 Å². The molecule has 0 saturated carbocycles. The Balaban J connectivity index is 2.48. The van der Waals surface area contributed by atoms with Crippen LogP contribution in [0.2, 0.25) is 0 Å². The van der Waals surface area contributed by atoms with Gasteiger partial charge in [-0.3, -0.25) is 19.7 Å². The van der Waals surface area contributed by atoms with E-state index in [1.165, 1.54) is 25.1 Å². The number of carbonyl (C=O) groups is 3. The second-order valence-corrected chi connectivity index (χ2v) is 5.33. The fraction of sp³-hybridized carbons (Fsp3) is 0.400. The van der Waals surface area contributed by atoms with Crippen LogP contribution in [0.25, 0.3) is 0 Å². The molecule has 0 atom stereocenters. The van der Waals surface area contributed by atoms with E-state index in [1.54, 1.807) is 13.8 Å². The number of aryl methyl sites for hydroxylation is 1. The molecule has 0 radical (unpaired) electrons. The van der Waals surface area contributed by atoms with Crippen LogP contribution in [0.5, 0.6) is 0 Å². The van der Waals surface area contributed by atoms with Gasteiger partial charge in [0.05, 0.1) is 17.0 Å². The van der Waals surface area contributed by atoms with E-state index in [0.717, 1.165) is 0 Å². The predicted molar refractivity (Wildman–Crippen MR) is 84.4 cm³/mol. The Bertz CT molecular complexity index is 657. The fourth-order valence-corrected chi connectivity index (χ4v) is 1.80. The molecule has 0 aliphatic rings. The monoisotopic (exact) mass is 337 g/mol. The van der Waals surface area contributed by atoms with E-state index in [0.29, 0.717) is 5.56 Å². The minimum atomic E-state index is -0.783. The van der Waals surface area contributed by atoms with Crippen LogP contribution >= 0.6 is 0 Å². The van der Waals surface area contributed by atoms with E-state index in [9.17, 15) is 24.5 Å². The van der Waals surface area contributed by atoms with Crippen molar-refractivity contribution in [2.45, 2.75) is 26.8 Å². The molecule has 0 spiro atoms. The summed E-state index contributed by atoms with van der Waals surface area (Å²) in [6.45, 7) is 4.30. The summed E-state index contributed by atoms with van der Waals surface area (Å²) >= 11 is 0. The second-order valence-electron chi connectivity index (χ2n) is 5.33. The fourth-order valence-electron chi connectivity index (χ4n) is 1.80. The SMILES string of the molecule is Cc1cc(C(=O)OCC(=O)NCC(=O)NC(C)C)ccc1[N+](=O)[O-]. The largest absolute Gasteiger partial charge is 0.452 e. The third-order valence-corrected chi connectivity index (χ3v) is 2.86. The maximum Gasteiger partial charge on any atom is 0.338 e. The zero-order chi connectivity index (χ0) is 18.3. The number of benzene rings is 1. The van der Waals surface area contributed by atoms with Gasteiger partial charge >= 0.3 is 5.97 Å². The molecule has 0 saturated heterocycles. The summed E-state index contributed by atoms with van der Waals surface area (Å²) in [7, 11) is 0. The Kier molecular flexibility index (Phi) is 6.84. The first-order chi connectivity index (χ1) is 11.2. The van der Waals surface area contributed by atoms with Gasteiger partial charge < -0.3 is 15.4 Å². The van der Waals surface area contributed by atoms with Crippen molar-refractivity contribution in [3.63, 3.8) is 0 Å². The standard InChI is InChI=1S/C15H19N3O6/c1-9(2)17-13(19)7-16-14(20)8-24-15(21)11-4-5-12(18(22)23)10(3)6-11/h4-6,9H,7-8H2,1-3H3,(H,16,20)(H,17,19). The summed E-state index contributed by atoms with van der Waals surface area (Å²) in [6, 6.07) is 3.72. The summed E-state index contributed by atoms with van der Waals surface area (Å²) in [5, 5.41) is 15.6. The highest BCUT2D eigenvalue weighted by molar-refractivity contribution is 5.92. The molecule has 2 N–H and O–H groups in total. The van der Waals surface area contributed by atoms with E-state index in [2.05, 4.69) is 10.6 Å². The van der Waals surface area contributed by atoms with Gasteiger partial charge in [-0.25, -0.2) is 4.79 Å². The van der Waals surface area contributed by atoms with E-state index >= 15 is 0 Å². The number of nitrogens with zero attached hydrogens (tertiary/aromatic N) is 1. The molecule has 2 amide bonds. The lowest BCUT2D eigenvalue weighted by Crippen LogP contribution is -2.41. The number of esters is 1. The zero-order valence-electron chi connectivity index (χ0n) is 13.6. The van der Waals surface area contributed by atoms with Gasteiger partial charge in [-0.05, 0) is 32.9 Å². The van der Waals surface area contributed by atoms with Crippen molar-refractivity contribution in [2.24, 2.45) is 0 Å². The summed E-state index contributed by atoms with van der Waals surface area (Å²) in [4.78, 5) is 44.8. The summed E-state index contributed by atoms with van der Waals surface area (Å²) in [5.74, 6) is -1.76. The molecule has 24 heavy (non-hydrogen) atoms. The number of hydrogen-bond donors (Lipinski definition) is 2. The highest BCUT2D eigenvalue weighted by Crippen LogP contribution is 2.19. The maximum atomic E-state index is 11.8. The normalized spacial score (nSPS) is 10.2. The van der Waals surface area contributed by atoms with Crippen molar-refractivity contribution in [3.05, 3.63) is 39.4 Å². The minimum Gasteiger partial charge on any atom is -0.452 e. The number of carbonyl (C=O) groups excluding carboxylic acids is 3. The quantitative estimate of drug-likeness (QED) is 0.428. The predicted octanol–water partition coefficient (Wildman–Crippen LogP) is 0.701. The van der Waals surface area contributed by atoms with Crippen LogP contribution in [-0.2, 0) is 14.3 Å². The van der Waals surface area contributed by atoms with Gasteiger partial charge in [0, 0.05) is 17.7 Å². The molecule has 0 aromatic heterocycles. The summed E-state index contributed by atoms with van der Waals surface area (Å²) in [5.41, 5.74) is 0.299. The molecule has 0 unspecified atom stereocenters. The van der Waals surface area contributed by atoms with Crippen molar-refractivity contribution in [3.8, 4) is 0 Å². The molecule has 9 nitrogen and oxygen atoms in total. The van der Waals surface area contributed by atoms with Crippen LogP contribution in [0, 0.1) is 17.0 Å². The van der Waals surface area contributed by atoms with Gasteiger partial charge in [-0.15, -0.1) is 0 Å². The third kappa shape index (κ3) is 6.03. The second kappa shape index (κ2) is 8.61. The van der Waals surface area contributed by atoms with E-state index in [1.807, 2.05) is 0 Å². The third-order valence-electron chi connectivity index (χ3n) is 2.86. The molecule has 0 aliphatic carbocycles. The van der Waals surface area contributed by atoms with Gasteiger partial charge in [0.25, 0.3) is 11.6 Å². The molecular formula is C15H19N3O6. The van der Waals surface area contributed by atoms with Crippen LogP contribution in [0.1, 0.15) is 29.8 Å². The van der Waals surface area contributed by atoms with Gasteiger partial charge in [-0.2, -0.15) is 0 Å². The van der Waals surface area contributed by atoms with Crippen molar-refractivity contribution in [1.29, 1.82) is 0 Å². The molecule has 0 heterocycles. The molecule has 0 fully saturated rings. The molecule has 0 aliphatic heterocycles. The average molecular weight is 337 g/mol. The number of nitrogens with one attached hydrogen (secondary N) is 2. The molecule has 1 rings (SSSR count). The molecule has 1 aromatic rings. The van der Waals surface area contributed by atoms with Crippen LogP contribution < -0.4 is 10.6 Å². The Hall–Kier alpha value is -2.97. The zero-order valence-corrected chi connectivity index (χ0v) is 13.6. The van der Waals surface area contributed by atoms with Gasteiger partial charge in [0.2, 0.25) is 5.91 Å². The first kappa shape index (κ1) is 19.1. The van der Waals surface area contributed by atoms with Crippen molar-refractivity contribution in [2.75, 3.05) is 13.2 Å². The minimum absolute atomic E-state index is 0.0439. The highest BCUT2D eigenvalue weighted by atomic mass is 16.6. The van der Waals surface area contributed by atoms with E-state index in [-0.39, 0.29) is 29.7 Å². The number of nitro groups is 1. The number of rotatable bonds is 7. The van der Waals surface area contributed by atoms with Crippen molar-refractivity contribution < 1.29 is 24.0 Å². The number of ether oxygens (including phenoxy) is 1. The Labute approximate surface area is 138 Å². The van der Waals surface area contributed by atoms with E-state index < -0.39 is 23.4 Å². The van der Waals surface area contributed by atoms with Crippen molar-refractivity contribution >= 4 is 23.5 Å². The molecule has 0 bridgehead atoms. The smallest absolute Gasteiger partial charge is 0.338 e. The lowest BCUT2D eigenvalue weighted by molar-refractivity contribution is -0.385. The van der Waals surface area contributed by atoms with E-state index in [4.69, 9.17) is 4.74 Å². The first-order valence-electron chi connectivity index (χ1n) is 7.19. The van der Waals surface area contributed by atoms with Crippen LogP contribution in [0.4, 0.5) is 5.69 Å². The highest BCUT2D eigenvalue weighted by Gasteiger charge is 2.16. The average Bonchev–Trinajstić information content (AvgIpc) is 2.49. The number of nitro benzene ring substituents is 1. The maximum absolute atomic E-state index is 11.8. The lowest BCUT2D eigenvalue weighted by atomic mass is 10.1. The van der Waals surface area contributed by atoms with Crippen molar-refractivity contribution in [1.82, 2.24) is 10.6 Å². The lowest BCUT2D eigenvalue weighted by Gasteiger charge is -2.09. The summed E-state index contributed by atoms with van der Waals surface area (Å²) < 4.78 is 4.81. The Morgan fingerprint density at radius 3 is 2.46 bits per heavy atom.